The molecular weight excluding hydrogens is 355 g/mol. The van der Waals surface area contributed by atoms with Crippen molar-refractivity contribution in [2.75, 3.05) is 0 Å². The monoisotopic (exact) mass is 367 g/mol. The van der Waals surface area contributed by atoms with E-state index in [9.17, 15) is 26.9 Å². The maximum absolute atomic E-state index is 12.5. The summed E-state index contributed by atoms with van der Waals surface area (Å²) in [5.41, 5.74) is 0.650. The highest BCUT2D eigenvalue weighted by Crippen LogP contribution is 2.29. The summed E-state index contributed by atoms with van der Waals surface area (Å²) in [5.74, 6) is -0.596. The van der Waals surface area contributed by atoms with E-state index in [1.165, 1.54) is 36.4 Å². The van der Waals surface area contributed by atoms with Gasteiger partial charge in [0, 0.05) is 5.56 Å². The molecule has 0 saturated carbocycles. The molecule has 0 aliphatic carbocycles. The number of allylic oxidation sites excluding steroid dienone is 1. The molecule has 2 rings (SSSR count). The van der Waals surface area contributed by atoms with Crippen LogP contribution in [-0.4, -0.2) is 14.8 Å². The molecule has 4 nitrogen and oxygen atoms in total. The van der Waals surface area contributed by atoms with Gasteiger partial charge in [-0.15, -0.1) is 13.2 Å². The molecule has 0 atom stereocenters. The Morgan fingerprint density at radius 3 is 2.28 bits per heavy atom. The van der Waals surface area contributed by atoms with Crippen LogP contribution in [0.25, 0.3) is 6.08 Å². The van der Waals surface area contributed by atoms with E-state index in [0.29, 0.717) is 0 Å². The maximum atomic E-state index is 12.5. The highest BCUT2D eigenvalue weighted by atomic mass is 32.2. The zero-order valence-electron chi connectivity index (χ0n) is 12.9. The van der Waals surface area contributed by atoms with E-state index in [0.717, 1.165) is 17.7 Å². The van der Waals surface area contributed by atoms with Gasteiger partial charge in [-0.3, -0.25) is 0 Å². The fourth-order valence-corrected chi connectivity index (χ4v) is 3.12. The normalized spacial score (nSPS) is 12.5. The first-order valence-corrected chi connectivity index (χ1v) is 8.40. The molecule has 130 valence electrons. The standard InChI is InChI=1S/C17H12F3NO3S/c1-12-6-8-14(9-7-12)25(22,23)15(11-21)10-13-4-2-3-5-16(13)24-17(18,19)20/h2-10H,1H3/b15-10+. The van der Waals surface area contributed by atoms with E-state index in [1.54, 1.807) is 19.1 Å². The first kappa shape index (κ1) is 18.5. The molecule has 0 unspecified atom stereocenters. The summed E-state index contributed by atoms with van der Waals surface area (Å²) < 4.78 is 66.3. The summed E-state index contributed by atoms with van der Waals surface area (Å²) in [5, 5.41) is 9.20. The largest absolute Gasteiger partial charge is 0.573 e. The molecule has 0 aliphatic rings. The minimum absolute atomic E-state index is 0.125. The van der Waals surface area contributed by atoms with Gasteiger partial charge in [-0.25, -0.2) is 8.42 Å². The number of rotatable bonds is 4. The predicted molar refractivity (Wildman–Crippen MR) is 85.1 cm³/mol. The number of benzene rings is 2. The van der Waals surface area contributed by atoms with E-state index in [-0.39, 0.29) is 10.5 Å². The predicted octanol–water partition coefficient (Wildman–Crippen LogP) is 4.23. The smallest absolute Gasteiger partial charge is 0.405 e. The number of para-hydroxylation sites is 1. The van der Waals surface area contributed by atoms with Crippen LogP contribution in [-0.2, 0) is 9.84 Å². The Balaban J connectivity index is 2.52. The molecule has 0 bridgehead atoms. The van der Waals surface area contributed by atoms with Gasteiger partial charge in [0.25, 0.3) is 0 Å². The summed E-state index contributed by atoms with van der Waals surface area (Å²) in [7, 11) is -4.16. The Kier molecular flexibility index (Phi) is 5.18. The van der Waals surface area contributed by atoms with Crippen molar-refractivity contribution >= 4 is 15.9 Å². The molecule has 0 fully saturated rings. The van der Waals surface area contributed by atoms with Crippen LogP contribution >= 0.6 is 0 Å². The second-order valence-corrected chi connectivity index (χ2v) is 6.94. The van der Waals surface area contributed by atoms with Gasteiger partial charge in [-0.2, -0.15) is 5.26 Å². The third-order valence-corrected chi connectivity index (χ3v) is 4.84. The fraction of sp³-hybridized carbons (Fsp3) is 0.118. The third-order valence-electron chi connectivity index (χ3n) is 3.16. The maximum Gasteiger partial charge on any atom is 0.573 e. The molecule has 2 aromatic rings. The average Bonchev–Trinajstić information content (AvgIpc) is 2.52. The minimum Gasteiger partial charge on any atom is -0.405 e. The number of nitrogens with zero attached hydrogens (tertiary/aromatic N) is 1. The number of alkyl halides is 3. The summed E-state index contributed by atoms with van der Waals surface area (Å²) in [4.78, 5) is -0.810. The molecule has 0 aromatic heterocycles. The van der Waals surface area contributed by atoms with Crippen molar-refractivity contribution in [2.24, 2.45) is 0 Å². The number of nitriles is 1. The second kappa shape index (κ2) is 6.99. The Morgan fingerprint density at radius 2 is 1.72 bits per heavy atom. The van der Waals surface area contributed by atoms with Gasteiger partial charge < -0.3 is 4.74 Å². The van der Waals surface area contributed by atoms with Crippen LogP contribution in [0.2, 0.25) is 0 Å². The van der Waals surface area contributed by atoms with E-state index in [1.807, 2.05) is 0 Å². The lowest BCUT2D eigenvalue weighted by Gasteiger charge is -2.11. The summed E-state index contributed by atoms with van der Waals surface area (Å²) in [6.45, 7) is 1.77. The lowest BCUT2D eigenvalue weighted by atomic mass is 10.2. The Labute approximate surface area is 142 Å². The molecule has 25 heavy (non-hydrogen) atoms. The topological polar surface area (TPSA) is 67.2 Å². The van der Waals surface area contributed by atoms with Crippen LogP contribution in [0.15, 0.2) is 58.3 Å². The van der Waals surface area contributed by atoms with Crippen LogP contribution in [0.3, 0.4) is 0 Å². The Hall–Kier alpha value is -2.79. The Bertz CT molecular complexity index is 940. The van der Waals surface area contributed by atoms with Gasteiger partial charge in [0.2, 0.25) is 9.84 Å². The number of hydrogen-bond donors (Lipinski definition) is 0. The van der Waals surface area contributed by atoms with Crippen molar-refractivity contribution in [3.05, 3.63) is 64.6 Å². The van der Waals surface area contributed by atoms with Gasteiger partial charge >= 0.3 is 6.36 Å². The lowest BCUT2D eigenvalue weighted by Crippen LogP contribution is -2.17. The molecule has 0 radical (unpaired) electrons. The van der Waals surface area contributed by atoms with E-state index >= 15 is 0 Å². The van der Waals surface area contributed by atoms with Gasteiger partial charge in [-0.05, 0) is 31.2 Å². The minimum atomic E-state index is -4.94. The van der Waals surface area contributed by atoms with Crippen molar-refractivity contribution < 1.29 is 26.3 Å². The number of ether oxygens (including phenoxy) is 1. The Morgan fingerprint density at radius 1 is 1.12 bits per heavy atom. The molecule has 0 N–H and O–H groups in total. The van der Waals surface area contributed by atoms with Crippen LogP contribution in [0, 0.1) is 18.3 Å². The zero-order chi connectivity index (χ0) is 18.7. The van der Waals surface area contributed by atoms with Crippen molar-refractivity contribution in [3.8, 4) is 11.8 Å². The quantitative estimate of drug-likeness (QED) is 0.759. The molecule has 0 aliphatic heterocycles. The van der Waals surface area contributed by atoms with Gasteiger partial charge in [0.15, 0.2) is 0 Å². The van der Waals surface area contributed by atoms with Crippen molar-refractivity contribution in [1.82, 2.24) is 0 Å². The van der Waals surface area contributed by atoms with E-state index < -0.39 is 26.9 Å². The average molecular weight is 367 g/mol. The molecular formula is C17H12F3NO3S. The summed E-state index contributed by atoms with van der Waals surface area (Å²) in [6, 6.07) is 12.3. The lowest BCUT2D eigenvalue weighted by molar-refractivity contribution is -0.274. The van der Waals surface area contributed by atoms with Crippen LogP contribution in [0.4, 0.5) is 13.2 Å². The van der Waals surface area contributed by atoms with Crippen molar-refractivity contribution in [3.63, 3.8) is 0 Å². The highest BCUT2D eigenvalue weighted by Gasteiger charge is 2.32. The molecule has 0 heterocycles. The van der Waals surface area contributed by atoms with Gasteiger partial charge in [0.1, 0.15) is 16.7 Å². The molecule has 0 saturated heterocycles. The van der Waals surface area contributed by atoms with Crippen LogP contribution in [0.5, 0.6) is 5.75 Å². The summed E-state index contributed by atoms with van der Waals surface area (Å²) >= 11 is 0. The van der Waals surface area contributed by atoms with Gasteiger partial charge in [0.05, 0.1) is 4.90 Å². The highest BCUT2D eigenvalue weighted by molar-refractivity contribution is 7.95. The molecule has 8 heteroatoms. The third kappa shape index (κ3) is 4.61. The number of hydrogen-bond acceptors (Lipinski definition) is 4. The number of halogens is 3. The van der Waals surface area contributed by atoms with E-state index in [4.69, 9.17) is 0 Å². The summed E-state index contributed by atoms with van der Waals surface area (Å²) in [6.07, 6.45) is -4.08. The zero-order valence-corrected chi connectivity index (χ0v) is 13.7. The van der Waals surface area contributed by atoms with E-state index in [2.05, 4.69) is 4.74 Å². The van der Waals surface area contributed by atoms with Crippen molar-refractivity contribution in [2.45, 2.75) is 18.2 Å². The fourth-order valence-electron chi connectivity index (χ4n) is 1.97. The van der Waals surface area contributed by atoms with Gasteiger partial charge in [-0.1, -0.05) is 35.9 Å². The SMILES string of the molecule is Cc1ccc(S(=O)(=O)/C(C#N)=C/c2ccccc2OC(F)(F)F)cc1. The van der Waals surface area contributed by atoms with Crippen LogP contribution in [0.1, 0.15) is 11.1 Å². The second-order valence-electron chi connectivity index (χ2n) is 5.02. The number of sulfone groups is 1. The molecule has 2 aromatic carbocycles. The van der Waals surface area contributed by atoms with Crippen LogP contribution < -0.4 is 4.74 Å². The first-order valence-electron chi connectivity index (χ1n) is 6.92. The molecule has 0 amide bonds. The van der Waals surface area contributed by atoms with Crippen molar-refractivity contribution in [1.29, 1.82) is 5.26 Å². The number of aryl methyl sites for hydroxylation is 1. The first-order chi connectivity index (χ1) is 11.6. The molecule has 0 spiro atoms.